The second-order valence-corrected chi connectivity index (χ2v) is 10.1. The molecule has 4 rings (SSSR count). The van der Waals surface area contributed by atoms with Crippen LogP contribution in [0.1, 0.15) is 33.4 Å². The largest absolute Gasteiger partial charge is 0.493 e. The van der Waals surface area contributed by atoms with Gasteiger partial charge in [0.15, 0.2) is 11.5 Å². The Bertz CT molecular complexity index is 1420. The summed E-state index contributed by atoms with van der Waals surface area (Å²) in [7, 11) is 1.57. The quantitative estimate of drug-likeness (QED) is 0.162. The highest BCUT2D eigenvalue weighted by molar-refractivity contribution is 14.1. The molecule has 0 bridgehead atoms. The minimum absolute atomic E-state index is 0.135. The van der Waals surface area contributed by atoms with Crippen LogP contribution < -0.4 is 9.47 Å². The summed E-state index contributed by atoms with van der Waals surface area (Å²) < 4.78 is 58.6. The summed E-state index contributed by atoms with van der Waals surface area (Å²) in [4.78, 5) is 0. The van der Waals surface area contributed by atoms with Gasteiger partial charge in [-0.15, -0.1) is 0 Å². The highest BCUT2D eigenvalue weighted by Gasteiger charge is 2.30. The van der Waals surface area contributed by atoms with Gasteiger partial charge in [-0.05, 0) is 87.7 Å². The molecule has 7 heteroatoms. The van der Waals surface area contributed by atoms with Crippen molar-refractivity contribution in [1.29, 1.82) is 0 Å². The third-order valence-electron chi connectivity index (χ3n) is 6.05. The molecule has 0 aliphatic heterocycles. The van der Waals surface area contributed by atoms with Crippen LogP contribution in [0.5, 0.6) is 11.5 Å². The predicted octanol–water partition coefficient (Wildman–Crippen LogP) is 8.85. The molecule has 0 amide bonds. The number of hydrogen-bond donors (Lipinski definition) is 0. The van der Waals surface area contributed by atoms with E-state index in [2.05, 4.69) is 34.7 Å². The number of halogens is 4. The molecule has 0 aliphatic carbocycles. The zero-order valence-corrected chi connectivity index (χ0v) is 23.8. The summed E-state index contributed by atoms with van der Waals surface area (Å²) in [6.07, 6.45) is -2.64. The molecule has 0 radical (unpaired) electrons. The Morgan fingerprint density at radius 1 is 0.821 bits per heavy atom. The summed E-state index contributed by atoms with van der Waals surface area (Å²) >= 11 is 2.19. The van der Waals surface area contributed by atoms with E-state index in [1.807, 2.05) is 61.5 Å². The van der Waals surface area contributed by atoms with E-state index in [1.54, 1.807) is 19.3 Å². The molecule has 0 spiro atoms. The SMILES string of the molecule is COc1cc(COCc2ccc(C)cc2)cc(I)c1OC/C=C(\c1ccccc1)c1cccc(C(F)(F)F)c1. The van der Waals surface area contributed by atoms with Crippen LogP contribution in [0.2, 0.25) is 0 Å². The fourth-order valence-corrected chi connectivity index (χ4v) is 4.88. The van der Waals surface area contributed by atoms with Crippen molar-refractivity contribution in [3.05, 3.63) is 134 Å². The molecule has 0 heterocycles. The number of aryl methyl sites for hydroxylation is 1. The fraction of sp³-hybridized carbons (Fsp3) is 0.188. The second kappa shape index (κ2) is 13.2. The van der Waals surface area contributed by atoms with Gasteiger partial charge in [0.2, 0.25) is 0 Å². The van der Waals surface area contributed by atoms with Crippen molar-refractivity contribution >= 4 is 28.2 Å². The van der Waals surface area contributed by atoms with Crippen molar-refractivity contribution in [2.75, 3.05) is 13.7 Å². The Morgan fingerprint density at radius 2 is 1.51 bits per heavy atom. The molecule has 0 unspecified atom stereocenters. The van der Waals surface area contributed by atoms with Gasteiger partial charge in [0.25, 0.3) is 0 Å². The average molecular weight is 644 g/mol. The van der Waals surface area contributed by atoms with E-state index in [4.69, 9.17) is 14.2 Å². The van der Waals surface area contributed by atoms with Crippen LogP contribution in [0, 0.1) is 10.5 Å². The Labute approximate surface area is 240 Å². The molecule has 4 aromatic carbocycles. The Kier molecular flexibility index (Phi) is 9.69. The third kappa shape index (κ3) is 7.86. The molecular formula is C32H28F3IO3. The molecule has 0 atom stereocenters. The van der Waals surface area contributed by atoms with E-state index < -0.39 is 11.7 Å². The number of alkyl halides is 3. The molecular weight excluding hydrogens is 616 g/mol. The lowest BCUT2D eigenvalue weighted by molar-refractivity contribution is -0.137. The minimum Gasteiger partial charge on any atom is -0.493 e. The standard InChI is InChI=1S/C32H28F3IO3/c1-22-11-13-23(14-12-22)20-38-21-24-17-29(36)31(30(18-24)37-2)39-16-15-28(25-7-4-3-5-8-25)26-9-6-10-27(19-26)32(33,34)35/h3-15,17-19H,16,20-21H2,1-2H3/b28-15+. The van der Waals surface area contributed by atoms with Gasteiger partial charge in [-0.3, -0.25) is 0 Å². The van der Waals surface area contributed by atoms with Gasteiger partial charge >= 0.3 is 6.18 Å². The van der Waals surface area contributed by atoms with E-state index >= 15 is 0 Å². The van der Waals surface area contributed by atoms with Crippen molar-refractivity contribution in [3.8, 4) is 11.5 Å². The molecule has 0 fully saturated rings. The Hall–Kier alpha value is -3.30. The Balaban J connectivity index is 1.51. The Morgan fingerprint density at radius 3 is 2.21 bits per heavy atom. The van der Waals surface area contributed by atoms with Gasteiger partial charge < -0.3 is 14.2 Å². The van der Waals surface area contributed by atoms with Gasteiger partial charge in [0.05, 0.1) is 29.5 Å². The maximum absolute atomic E-state index is 13.4. The minimum atomic E-state index is -4.43. The van der Waals surface area contributed by atoms with E-state index in [0.717, 1.165) is 32.4 Å². The molecule has 0 saturated heterocycles. The summed E-state index contributed by atoms with van der Waals surface area (Å²) in [6, 6.07) is 26.7. The van der Waals surface area contributed by atoms with E-state index in [9.17, 15) is 13.2 Å². The lowest BCUT2D eigenvalue weighted by Gasteiger charge is -2.15. The van der Waals surface area contributed by atoms with Crippen molar-refractivity contribution in [2.45, 2.75) is 26.3 Å². The van der Waals surface area contributed by atoms with Crippen molar-refractivity contribution in [3.63, 3.8) is 0 Å². The first-order valence-corrected chi connectivity index (χ1v) is 13.4. The van der Waals surface area contributed by atoms with Crippen molar-refractivity contribution < 1.29 is 27.4 Å². The lowest BCUT2D eigenvalue weighted by atomic mass is 9.96. The van der Waals surface area contributed by atoms with E-state index in [-0.39, 0.29) is 6.61 Å². The summed E-state index contributed by atoms with van der Waals surface area (Å²) in [5.41, 5.74) is 4.46. The highest BCUT2D eigenvalue weighted by Crippen LogP contribution is 2.35. The number of ether oxygens (including phenoxy) is 3. The van der Waals surface area contributed by atoms with E-state index in [0.29, 0.717) is 35.8 Å². The van der Waals surface area contributed by atoms with Crippen molar-refractivity contribution in [1.82, 2.24) is 0 Å². The van der Waals surface area contributed by atoms with Crippen LogP contribution in [-0.4, -0.2) is 13.7 Å². The van der Waals surface area contributed by atoms with Crippen LogP contribution in [0.15, 0.2) is 97.1 Å². The van der Waals surface area contributed by atoms with Gasteiger partial charge in [0, 0.05) is 0 Å². The lowest BCUT2D eigenvalue weighted by Crippen LogP contribution is -2.06. The molecule has 0 saturated carbocycles. The normalized spacial score (nSPS) is 11.9. The van der Waals surface area contributed by atoms with Gasteiger partial charge in [-0.25, -0.2) is 0 Å². The van der Waals surface area contributed by atoms with Crippen LogP contribution in [-0.2, 0) is 24.1 Å². The van der Waals surface area contributed by atoms with Crippen LogP contribution in [0.25, 0.3) is 5.57 Å². The van der Waals surface area contributed by atoms with Gasteiger partial charge in [0.1, 0.15) is 6.61 Å². The summed E-state index contributed by atoms with van der Waals surface area (Å²) in [6.45, 7) is 3.09. The maximum Gasteiger partial charge on any atom is 0.416 e. The summed E-state index contributed by atoms with van der Waals surface area (Å²) in [5, 5.41) is 0. The first kappa shape index (κ1) is 28.7. The monoisotopic (exact) mass is 644 g/mol. The van der Waals surface area contributed by atoms with Crippen LogP contribution in [0.4, 0.5) is 13.2 Å². The number of rotatable bonds is 10. The molecule has 0 aliphatic rings. The fourth-order valence-electron chi connectivity index (χ4n) is 4.06. The maximum atomic E-state index is 13.4. The van der Waals surface area contributed by atoms with Crippen molar-refractivity contribution in [2.24, 2.45) is 0 Å². The summed E-state index contributed by atoms with van der Waals surface area (Å²) in [5.74, 6) is 1.12. The molecule has 4 aromatic rings. The smallest absolute Gasteiger partial charge is 0.416 e. The first-order valence-electron chi connectivity index (χ1n) is 12.3. The zero-order valence-electron chi connectivity index (χ0n) is 21.6. The second-order valence-electron chi connectivity index (χ2n) is 8.96. The van der Waals surface area contributed by atoms with Gasteiger partial charge in [-0.1, -0.05) is 72.3 Å². The topological polar surface area (TPSA) is 27.7 Å². The van der Waals surface area contributed by atoms with E-state index in [1.165, 1.54) is 11.6 Å². The molecule has 39 heavy (non-hydrogen) atoms. The average Bonchev–Trinajstić information content (AvgIpc) is 2.93. The molecule has 3 nitrogen and oxygen atoms in total. The highest BCUT2D eigenvalue weighted by atomic mass is 127. The molecule has 202 valence electrons. The number of benzene rings is 4. The van der Waals surface area contributed by atoms with Crippen LogP contribution >= 0.6 is 22.6 Å². The molecule has 0 aromatic heterocycles. The predicted molar refractivity (Wildman–Crippen MR) is 156 cm³/mol. The van der Waals surface area contributed by atoms with Gasteiger partial charge in [-0.2, -0.15) is 13.2 Å². The third-order valence-corrected chi connectivity index (χ3v) is 6.85. The first-order chi connectivity index (χ1) is 18.7. The van der Waals surface area contributed by atoms with Crippen LogP contribution in [0.3, 0.4) is 0 Å². The zero-order chi connectivity index (χ0) is 27.8. The number of hydrogen-bond acceptors (Lipinski definition) is 3. The number of methoxy groups -OCH3 is 1. The molecule has 0 N–H and O–H groups in total.